The standard InChI is InChI=1S/C5H10N4O.H2/c6-5(10)1-3-9-4-2-7-8-9;/h2,4,7-8H,1,3H2,(H2,6,10);1H. The quantitative estimate of drug-likeness (QED) is 0.470. The van der Waals surface area contributed by atoms with Gasteiger partial charge < -0.3 is 11.2 Å². The minimum absolute atomic E-state index is 0. The van der Waals surface area contributed by atoms with Gasteiger partial charge in [0.1, 0.15) is 0 Å². The number of hydrogen-bond acceptors (Lipinski definition) is 4. The molecule has 10 heavy (non-hydrogen) atoms. The first-order chi connectivity index (χ1) is 4.79. The molecule has 0 radical (unpaired) electrons. The van der Waals surface area contributed by atoms with Crippen LogP contribution in [-0.2, 0) is 4.79 Å². The lowest BCUT2D eigenvalue weighted by molar-refractivity contribution is -0.118. The second-order valence-corrected chi connectivity index (χ2v) is 1.98. The molecular formula is C5H12N4O. The maximum absolute atomic E-state index is 10.3. The third-order valence-corrected chi connectivity index (χ3v) is 1.15. The molecule has 0 spiro atoms. The molecule has 0 aromatic heterocycles. The third kappa shape index (κ3) is 1.94. The van der Waals surface area contributed by atoms with E-state index >= 15 is 0 Å². The van der Waals surface area contributed by atoms with Crippen LogP contribution >= 0.6 is 0 Å². The SMILES string of the molecule is NC(=O)CCN1C=CNN1.[HH]. The van der Waals surface area contributed by atoms with Gasteiger partial charge in [0, 0.05) is 26.8 Å². The Bertz CT molecular complexity index is 161. The molecule has 1 amide bonds. The highest BCUT2D eigenvalue weighted by Gasteiger charge is 2.02. The number of nitrogens with zero attached hydrogens (tertiary/aromatic N) is 1. The normalized spacial score (nSPS) is 15.4. The molecule has 5 nitrogen and oxygen atoms in total. The van der Waals surface area contributed by atoms with Crippen LogP contribution in [0.25, 0.3) is 0 Å². The van der Waals surface area contributed by atoms with E-state index in [1.807, 2.05) is 0 Å². The Labute approximate surface area is 60.3 Å². The molecule has 0 aliphatic carbocycles. The van der Waals surface area contributed by atoms with Crippen molar-refractivity contribution in [2.45, 2.75) is 6.42 Å². The first-order valence-corrected chi connectivity index (χ1v) is 3.02. The summed E-state index contributed by atoms with van der Waals surface area (Å²) in [7, 11) is 0. The second kappa shape index (κ2) is 3.07. The van der Waals surface area contributed by atoms with Gasteiger partial charge in [0.25, 0.3) is 0 Å². The van der Waals surface area contributed by atoms with E-state index < -0.39 is 0 Å². The van der Waals surface area contributed by atoms with Gasteiger partial charge in [0.15, 0.2) is 0 Å². The molecule has 0 aromatic carbocycles. The topological polar surface area (TPSA) is 70.4 Å². The Hall–Kier alpha value is -1.23. The lowest BCUT2D eigenvalue weighted by Crippen LogP contribution is -2.37. The van der Waals surface area contributed by atoms with E-state index in [1.165, 1.54) is 0 Å². The van der Waals surface area contributed by atoms with Crippen molar-refractivity contribution in [3.63, 3.8) is 0 Å². The minimum atomic E-state index is -0.290. The minimum Gasteiger partial charge on any atom is -0.370 e. The van der Waals surface area contributed by atoms with Gasteiger partial charge in [0.2, 0.25) is 5.91 Å². The van der Waals surface area contributed by atoms with Crippen molar-refractivity contribution in [2.24, 2.45) is 5.73 Å². The lowest BCUT2D eigenvalue weighted by atomic mass is 10.4. The maximum atomic E-state index is 10.3. The Kier molecular flexibility index (Phi) is 2.11. The zero-order valence-electron chi connectivity index (χ0n) is 5.50. The zero-order chi connectivity index (χ0) is 7.40. The molecule has 58 valence electrons. The number of amides is 1. The number of hydrazine groups is 2. The summed E-state index contributed by atoms with van der Waals surface area (Å²) in [5.74, 6) is -0.290. The smallest absolute Gasteiger partial charge is 0.219 e. The highest BCUT2D eigenvalue weighted by molar-refractivity contribution is 5.73. The van der Waals surface area contributed by atoms with Gasteiger partial charge >= 0.3 is 0 Å². The molecule has 0 fully saturated rings. The summed E-state index contributed by atoms with van der Waals surface area (Å²) < 4.78 is 0. The van der Waals surface area contributed by atoms with E-state index in [0.29, 0.717) is 13.0 Å². The molecule has 1 rings (SSSR count). The Morgan fingerprint density at radius 2 is 2.60 bits per heavy atom. The number of hydrogen-bond donors (Lipinski definition) is 3. The molecule has 1 heterocycles. The summed E-state index contributed by atoms with van der Waals surface area (Å²) >= 11 is 0. The zero-order valence-corrected chi connectivity index (χ0v) is 5.50. The predicted octanol–water partition coefficient (Wildman–Crippen LogP) is -1.10. The number of rotatable bonds is 3. The van der Waals surface area contributed by atoms with Crippen molar-refractivity contribution in [1.29, 1.82) is 0 Å². The summed E-state index contributed by atoms with van der Waals surface area (Å²) in [4.78, 5) is 10.3. The van der Waals surface area contributed by atoms with Crippen LogP contribution in [-0.4, -0.2) is 17.5 Å². The molecule has 0 saturated heterocycles. The maximum Gasteiger partial charge on any atom is 0.219 e. The fourth-order valence-corrected chi connectivity index (χ4v) is 0.646. The highest BCUT2D eigenvalue weighted by Crippen LogP contribution is 1.89. The van der Waals surface area contributed by atoms with Crippen molar-refractivity contribution in [3.8, 4) is 0 Å². The summed E-state index contributed by atoms with van der Waals surface area (Å²) in [5, 5.41) is 1.74. The van der Waals surface area contributed by atoms with Crippen LogP contribution in [0.3, 0.4) is 0 Å². The molecule has 1 aliphatic heterocycles. The summed E-state index contributed by atoms with van der Waals surface area (Å²) in [6, 6.07) is 0. The first-order valence-electron chi connectivity index (χ1n) is 3.02. The largest absolute Gasteiger partial charge is 0.370 e. The van der Waals surface area contributed by atoms with Crippen molar-refractivity contribution in [3.05, 3.63) is 12.4 Å². The Balaban J connectivity index is 0.000001000. The summed E-state index contributed by atoms with van der Waals surface area (Å²) in [6.07, 6.45) is 3.89. The Morgan fingerprint density at radius 3 is 3.10 bits per heavy atom. The van der Waals surface area contributed by atoms with E-state index in [1.54, 1.807) is 17.4 Å². The molecule has 0 saturated carbocycles. The molecule has 5 heteroatoms. The molecule has 0 bridgehead atoms. The molecule has 4 N–H and O–H groups in total. The van der Waals surface area contributed by atoms with Crippen molar-refractivity contribution >= 4 is 5.91 Å². The van der Waals surface area contributed by atoms with E-state index in [2.05, 4.69) is 11.0 Å². The van der Waals surface area contributed by atoms with Gasteiger partial charge in [-0.25, -0.2) is 0 Å². The van der Waals surface area contributed by atoms with Crippen LogP contribution in [0, 0.1) is 0 Å². The molecule has 0 unspecified atom stereocenters. The predicted molar refractivity (Wildman–Crippen MR) is 38.0 cm³/mol. The first kappa shape index (κ1) is 6.88. The van der Waals surface area contributed by atoms with Gasteiger partial charge in [-0.05, 0) is 0 Å². The third-order valence-electron chi connectivity index (χ3n) is 1.15. The number of carbonyl (C=O) groups is 1. The average molecular weight is 144 g/mol. The van der Waals surface area contributed by atoms with Crippen LogP contribution in [0.4, 0.5) is 0 Å². The van der Waals surface area contributed by atoms with Crippen LogP contribution < -0.4 is 16.7 Å². The molecule has 0 atom stereocenters. The summed E-state index contributed by atoms with van der Waals surface area (Å²) in [5.41, 5.74) is 10.4. The number of primary amides is 1. The van der Waals surface area contributed by atoms with E-state index in [4.69, 9.17) is 5.73 Å². The van der Waals surface area contributed by atoms with Gasteiger partial charge in [-0.2, -0.15) is 0 Å². The average Bonchev–Trinajstić information content (AvgIpc) is 2.34. The van der Waals surface area contributed by atoms with Crippen molar-refractivity contribution < 1.29 is 6.22 Å². The number of nitrogens with one attached hydrogen (secondary N) is 2. The second-order valence-electron chi connectivity index (χ2n) is 1.98. The van der Waals surface area contributed by atoms with Gasteiger partial charge in [-0.3, -0.25) is 9.80 Å². The fourth-order valence-electron chi connectivity index (χ4n) is 0.646. The van der Waals surface area contributed by atoms with Gasteiger partial charge in [-0.15, -0.1) is 5.53 Å². The van der Waals surface area contributed by atoms with E-state index in [9.17, 15) is 4.79 Å². The highest BCUT2D eigenvalue weighted by atomic mass is 16.1. The fraction of sp³-hybridized carbons (Fsp3) is 0.400. The van der Waals surface area contributed by atoms with Crippen LogP contribution in [0.2, 0.25) is 0 Å². The van der Waals surface area contributed by atoms with Crippen molar-refractivity contribution in [2.75, 3.05) is 6.54 Å². The van der Waals surface area contributed by atoms with E-state index in [-0.39, 0.29) is 7.33 Å². The Morgan fingerprint density at radius 1 is 1.80 bits per heavy atom. The van der Waals surface area contributed by atoms with Crippen molar-refractivity contribution in [1.82, 2.24) is 16.0 Å². The van der Waals surface area contributed by atoms with Crippen LogP contribution in [0.1, 0.15) is 7.85 Å². The summed E-state index contributed by atoms with van der Waals surface area (Å²) in [6.45, 7) is 0.596. The van der Waals surface area contributed by atoms with E-state index in [0.717, 1.165) is 0 Å². The number of carbonyl (C=O) groups excluding carboxylic acids is 1. The lowest BCUT2D eigenvalue weighted by Gasteiger charge is -2.13. The number of nitrogens with two attached hydrogens (primary N) is 1. The molecule has 1 aliphatic rings. The molecular weight excluding hydrogens is 132 g/mol. The van der Waals surface area contributed by atoms with Gasteiger partial charge in [-0.1, -0.05) is 0 Å². The van der Waals surface area contributed by atoms with Crippen LogP contribution in [0.15, 0.2) is 12.4 Å². The molecule has 0 aromatic rings. The monoisotopic (exact) mass is 144 g/mol. The van der Waals surface area contributed by atoms with Crippen LogP contribution in [0.5, 0.6) is 0 Å². The van der Waals surface area contributed by atoms with Gasteiger partial charge in [0.05, 0.1) is 0 Å².